The first kappa shape index (κ1) is 60.4. The third-order valence-corrected chi connectivity index (χ3v) is 13.3. The summed E-state index contributed by atoms with van der Waals surface area (Å²) in [6.07, 6.45) is 0.345. The van der Waals surface area contributed by atoms with Crippen LogP contribution in [0.25, 0.3) is 0 Å². The van der Waals surface area contributed by atoms with E-state index in [9.17, 15) is 68.4 Å². The van der Waals surface area contributed by atoms with Crippen molar-refractivity contribution in [1.82, 2.24) is 41.7 Å². The zero-order chi connectivity index (χ0) is 55.7. The average Bonchev–Trinajstić information content (AvgIpc) is 4.07. The van der Waals surface area contributed by atoms with Crippen LogP contribution >= 0.6 is 0 Å². The number of nitrogens with zero attached hydrogens (tertiary/aromatic N) is 2. The van der Waals surface area contributed by atoms with Gasteiger partial charge >= 0.3 is 11.9 Å². The highest BCUT2D eigenvalue weighted by molar-refractivity contribution is 5.98. The number of aliphatic hydroxyl groups is 1. The fourth-order valence-electron chi connectivity index (χ4n) is 8.95. The number of carbonyl (C=O) groups is 10. The third-order valence-electron chi connectivity index (χ3n) is 13.3. The lowest BCUT2D eigenvalue weighted by Gasteiger charge is -2.33. The van der Waals surface area contributed by atoms with E-state index in [2.05, 4.69) is 31.9 Å². The van der Waals surface area contributed by atoms with Crippen LogP contribution in [0.4, 0.5) is 0 Å². The van der Waals surface area contributed by atoms with Crippen molar-refractivity contribution in [3.8, 4) is 5.75 Å². The maximum atomic E-state index is 14.6. The molecule has 2 saturated heterocycles. The third kappa shape index (κ3) is 17.8. The van der Waals surface area contributed by atoms with Crippen LogP contribution in [0.3, 0.4) is 0 Å². The number of phenolic OH excluding ortho intramolecular Hbond substituents is 1. The highest BCUT2D eigenvalue weighted by atomic mass is 16.4. The molecule has 12 N–H and O–H groups in total. The van der Waals surface area contributed by atoms with Crippen molar-refractivity contribution in [2.45, 2.75) is 154 Å². The van der Waals surface area contributed by atoms with Crippen molar-refractivity contribution in [2.75, 3.05) is 19.7 Å². The number of aliphatic hydroxyl groups excluding tert-OH is 1. The van der Waals surface area contributed by atoms with Crippen LogP contribution in [0.15, 0.2) is 54.6 Å². The van der Waals surface area contributed by atoms with E-state index in [1.165, 1.54) is 34.1 Å². The molecule has 75 heavy (non-hydrogen) atoms. The van der Waals surface area contributed by atoms with Gasteiger partial charge in [0.15, 0.2) is 0 Å². The minimum atomic E-state index is -1.73. The van der Waals surface area contributed by atoms with Crippen molar-refractivity contribution in [3.63, 3.8) is 0 Å². The fourth-order valence-corrected chi connectivity index (χ4v) is 8.95. The summed E-state index contributed by atoms with van der Waals surface area (Å²) in [5, 5.41) is 54.9. The molecule has 2 aliphatic heterocycles. The Morgan fingerprint density at radius 2 is 1.09 bits per heavy atom. The van der Waals surface area contributed by atoms with Crippen LogP contribution in [-0.4, -0.2) is 163 Å². The lowest BCUT2D eigenvalue weighted by Crippen LogP contribution is -2.61. The number of likely N-dealkylation sites (tertiary alicyclic amines) is 2. The van der Waals surface area contributed by atoms with Gasteiger partial charge in [-0.15, -0.1) is 0 Å². The molecule has 9 atom stereocenters. The highest BCUT2D eigenvalue weighted by Crippen LogP contribution is 2.23. The Balaban J connectivity index is 1.54. The molecule has 0 bridgehead atoms. The number of carboxylic acids is 2. The molecule has 2 heterocycles. The number of phenols is 1. The molecular weight excluding hydrogens is 975 g/mol. The number of nitrogens with two attached hydrogens (primary N) is 1. The predicted molar refractivity (Wildman–Crippen MR) is 272 cm³/mol. The second-order valence-electron chi connectivity index (χ2n) is 20.3. The lowest BCUT2D eigenvalue weighted by atomic mass is 9.99. The summed E-state index contributed by atoms with van der Waals surface area (Å²) in [7, 11) is 0. The minimum Gasteiger partial charge on any atom is -0.508 e. The van der Waals surface area contributed by atoms with E-state index in [1.807, 2.05) is 13.8 Å². The molecule has 2 aromatic rings. The van der Waals surface area contributed by atoms with E-state index >= 15 is 0 Å². The monoisotopic (exact) mass is 1050 g/mol. The van der Waals surface area contributed by atoms with E-state index < -0.39 is 139 Å². The van der Waals surface area contributed by atoms with E-state index in [0.29, 0.717) is 24.0 Å². The van der Waals surface area contributed by atoms with E-state index in [1.54, 1.807) is 58.0 Å². The fraction of sp³-hybridized carbons (Fsp3) is 0.577. The highest BCUT2D eigenvalue weighted by Gasteiger charge is 2.42. The number of aliphatic carboxylic acids is 2. The average molecular weight is 1050 g/mol. The molecule has 0 unspecified atom stereocenters. The van der Waals surface area contributed by atoms with Crippen LogP contribution in [0.2, 0.25) is 0 Å². The van der Waals surface area contributed by atoms with Gasteiger partial charge in [-0.1, -0.05) is 84.0 Å². The maximum Gasteiger partial charge on any atom is 0.326 e. The van der Waals surface area contributed by atoms with Crippen molar-refractivity contribution in [2.24, 2.45) is 23.5 Å². The second kappa shape index (κ2) is 28.5. The zero-order valence-corrected chi connectivity index (χ0v) is 43.5. The first-order valence-corrected chi connectivity index (χ1v) is 25.5. The molecule has 0 aliphatic carbocycles. The Labute approximate surface area is 436 Å². The SMILES string of the molecule is CC(C)C[C@H](NC(=O)[C@@H]1CCCN1C(=O)[C@@H](NC(=O)[C@H](Cc1ccc(O)cc1)NC(=O)[C@H](CO)NC(=O)[C@H](CCC(=O)O)NC(=O)[C@@H](N)C(C)C)C(C)C)C(=O)N[C@@H](Cc1ccccc1)C(=O)N1CCC[C@H]1C(=O)O. The number of carbonyl (C=O) groups excluding carboxylic acids is 8. The Hall–Kier alpha value is -7.14. The Bertz CT molecular complexity index is 2330. The van der Waals surface area contributed by atoms with Crippen molar-refractivity contribution >= 4 is 59.2 Å². The van der Waals surface area contributed by atoms with Gasteiger partial charge in [-0.25, -0.2) is 4.79 Å². The van der Waals surface area contributed by atoms with Gasteiger partial charge in [0.05, 0.1) is 12.6 Å². The van der Waals surface area contributed by atoms with Crippen molar-refractivity contribution < 1.29 is 68.4 Å². The molecule has 4 rings (SSSR count). The molecule has 2 aromatic carbocycles. The lowest BCUT2D eigenvalue weighted by molar-refractivity contribution is -0.149. The first-order chi connectivity index (χ1) is 35.4. The maximum absolute atomic E-state index is 14.6. The van der Waals surface area contributed by atoms with Crippen molar-refractivity contribution in [1.29, 1.82) is 0 Å². The Morgan fingerprint density at radius 1 is 0.587 bits per heavy atom. The molecule has 0 spiro atoms. The molecule has 0 saturated carbocycles. The van der Waals surface area contributed by atoms with Crippen LogP contribution in [0, 0.1) is 17.8 Å². The quantitative estimate of drug-likeness (QED) is 0.0547. The van der Waals surface area contributed by atoms with Gasteiger partial charge in [0.2, 0.25) is 47.3 Å². The van der Waals surface area contributed by atoms with E-state index in [4.69, 9.17) is 5.73 Å². The molecule has 2 aliphatic rings. The summed E-state index contributed by atoms with van der Waals surface area (Å²) in [6, 6.07) is 3.04. The van der Waals surface area contributed by atoms with Gasteiger partial charge in [0.1, 0.15) is 54.1 Å². The van der Waals surface area contributed by atoms with Crippen LogP contribution in [-0.2, 0) is 60.8 Å². The van der Waals surface area contributed by atoms with Gasteiger partial charge in [0, 0.05) is 32.4 Å². The summed E-state index contributed by atoms with van der Waals surface area (Å²) in [5.74, 6) is -9.87. The smallest absolute Gasteiger partial charge is 0.326 e. The minimum absolute atomic E-state index is 0.0496. The molecule has 412 valence electrons. The number of carboxylic acid groups (broad SMARTS) is 2. The Morgan fingerprint density at radius 3 is 1.65 bits per heavy atom. The van der Waals surface area contributed by atoms with Gasteiger partial charge in [0.25, 0.3) is 0 Å². The molecule has 23 nitrogen and oxygen atoms in total. The summed E-state index contributed by atoms with van der Waals surface area (Å²) in [4.78, 5) is 138. The first-order valence-electron chi connectivity index (χ1n) is 25.5. The largest absolute Gasteiger partial charge is 0.508 e. The standard InChI is InChI=1S/C52H75N9O14/c1-28(2)24-35(45(67)57-37(26-31-12-8-7-9-13-31)50(72)61-23-11-15-40(61)52(74)75)56-48(70)39-14-10-22-60(39)51(73)43(30(5)6)59-46(68)36(25-32-16-18-33(63)19-17-32)55-47(69)38(27-62)58-44(66)34(20-21-41(64)65)54-49(71)42(53)29(3)4/h7-9,12-13,16-19,28-30,34-40,42-43,62-63H,10-11,14-15,20-27,53H2,1-6H3,(H,54,71)(H,55,69)(H,56,70)(H,57,67)(H,58,66)(H,59,68)(H,64,65)(H,74,75)/t34-,35-,36-,37-,38-,39-,40-,42-,43-/m0/s1. The number of amides is 8. The summed E-state index contributed by atoms with van der Waals surface area (Å²) >= 11 is 0. The molecule has 0 aromatic heterocycles. The molecular formula is C52H75N9O14. The zero-order valence-electron chi connectivity index (χ0n) is 43.5. The van der Waals surface area contributed by atoms with E-state index in [0.717, 1.165) is 0 Å². The van der Waals surface area contributed by atoms with Crippen LogP contribution in [0.5, 0.6) is 5.75 Å². The molecule has 2 fully saturated rings. The van der Waals surface area contributed by atoms with E-state index in [-0.39, 0.29) is 62.8 Å². The number of rotatable bonds is 27. The number of benzene rings is 2. The Kier molecular flexibility index (Phi) is 23.0. The topological polar surface area (TPSA) is 356 Å². The van der Waals surface area contributed by atoms with Crippen LogP contribution in [0.1, 0.15) is 97.6 Å². The van der Waals surface area contributed by atoms with Gasteiger partial charge in [-0.05, 0) is 79.5 Å². The number of hydrogen-bond donors (Lipinski definition) is 11. The number of nitrogens with one attached hydrogen (secondary N) is 6. The number of hydrogen-bond acceptors (Lipinski definition) is 13. The van der Waals surface area contributed by atoms with Gasteiger partial charge in [-0.3, -0.25) is 43.2 Å². The summed E-state index contributed by atoms with van der Waals surface area (Å²) in [6.45, 7) is 9.62. The van der Waals surface area contributed by atoms with Gasteiger partial charge in [-0.2, -0.15) is 0 Å². The second-order valence-corrected chi connectivity index (χ2v) is 20.3. The summed E-state index contributed by atoms with van der Waals surface area (Å²) in [5.41, 5.74) is 7.08. The summed E-state index contributed by atoms with van der Waals surface area (Å²) < 4.78 is 0. The normalized spacial score (nSPS) is 18.2. The molecule has 8 amide bonds. The van der Waals surface area contributed by atoms with Crippen molar-refractivity contribution in [3.05, 3.63) is 65.7 Å². The molecule has 23 heteroatoms. The molecule has 0 radical (unpaired) electrons. The number of aromatic hydroxyl groups is 1. The van der Waals surface area contributed by atoms with Gasteiger partial charge < -0.3 is 67.9 Å². The van der Waals surface area contributed by atoms with Crippen LogP contribution < -0.4 is 37.6 Å². The predicted octanol–water partition coefficient (Wildman–Crippen LogP) is -0.305.